The number of amides is 2. The van der Waals surface area contributed by atoms with E-state index in [-0.39, 0.29) is 12.1 Å². The van der Waals surface area contributed by atoms with Gasteiger partial charge in [0.05, 0.1) is 13.2 Å². The van der Waals surface area contributed by atoms with E-state index in [1.54, 1.807) is 12.0 Å². The first-order valence-electron chi connectivity index (χ1n) is 9.99. The standard InChI is InChI=1S/C23H26ClN3O2/c1-4-12-26(2)23(28)27-13-11-18-19-14-16(24)7-10-20(19)25-21(18)22(27)15-5-8-17(29-3)9-6-15/h5-10,14,22,25H,4,11-13H2,1-3H3. The van der Waals surface area contributed by atoms with E-state index in [1.807, 2.05) is 54.4 Å². The second-order valence-electron chi connectivity index (χ2n) is 7.53. The van der Waals surface area contributed by atoms with E-state index < -0.39 is 0 Å². The Kier molecular flexibility index (Phi) is 5.41. The van der Waals surface area contributed by atoms with Crippen molar-refractivity contribution in [1.29, 1.82) is 0 Å². The molecule has 0 bridgehead atoms. The molecule has 152 valence electrons. The largest absolute Gasteiger partial charge is 0.497 e. The Bertz CT molecular complexity index is 1030. The third kappa shape index (κ3) is 3.55. The van der Waals surface area contributed by atoms with Crippen LogP contribution in [-0.4, -0.2) is 48.1 Å². The second kappa shape index (κ2) is 7.99. The summed E-state index contributed by atoms with van der Waals surface area (Å²) < 4.78 is 5.32. The quantitative estimate of drug-likeness (QED) is 0.638. The number of fused-ring (bicyclic) bond motifs is 3. The number of halogens is 1. The summed E-state index contributed by atoms with van der Waals surface area (Å²) in [5.41, 5.74) is 4.42. The van der Waals surface area contributed by atoms with Crippen molar-refractivity contribution >= 4 is 28.5 Å². The number of H-pyrrole nitrogens is 1. The van der Waals surface area contributed by atoms with Crippen LogP contribution in [0.5, 0.6) is 5.75 Å². The smallest absolute Gasteiger partial charge is 0.320 e. The molecular formula is C23H26ClN3O2. The molecule has 1 aliphatic rings. The van der Waals surface area contributed by atoms with Crippen molar-refractivity contribution in [2.24, 2.45) is 0 Å². The molecule has 3 aromatic rings. The first-order chi connectivity index (χ1) is 14.0. The van der Waals surface area contributed by atoms with E-state index in [0.29, 0.717) is 6.54 Å². The summed E-state index contributed by atoms with van der Waals surface area (Å²) >= 11 is 6.26. The summed E-state index contributed by atoms with van der Waals surface area (Å²) in [5, 5.41) is 1.86. The molecule has 0 fully saturated rings. The van der Waals surface area contributed by atoms with Gasteiger partial charge in [0.15, 0.2) is 0 Å². The number of carbonyl (C=O) groups excluding carboxylic acids is 1. The third-order valence-corrected chi connectivity index (χ3v) is 5.89. The number of nitrogens with one attached hydrogen (secondary N) is 1. The lowest BCUT2D eigenvalue weighted by molar-refractivity contribution is 0.145. The number of aromatic amines is 1. The maximum absolute atomic E-state index is 13.3. The molecule has 4 rings (SSSR count). The third-order valence-electron chi connectivity index (χ3n) is 5.65. The van der Waals surface area contributed by atoms with Crippen molar-refractivity contribution in [3.05, 3.63) is 64.3 Å². The summed E-state index contributed by atoms with van der Waals surface area (Å²) in [6, 6.07) is 13.8. The lowest BCUT2D eigenvalue weighted by Gasteiger charge is -2.38. The van der Waals surface area contributed by atoms with Crippen molar-refractivity contribution in [2.45, 2.75) is 25.8 Å². The molecule has 1 aromatic heterocycles. The highest BCUT2D eigenvalue weighted by Gasteiger charge is 2.35. The molecule has 0 spiro atoms. The lowest BCUT2D eigenvalue weighted by atomic mass is 9.92. The second-order valence-corrected chi connectivity index (χ2v) is 7.97. The molecule has 1 N–H and O–H groups in total. The highest BCUT2D eigenvalue weighted by atomic mass is 35.5. The van der Waals surface area contributed by atoms with Gasteiger partial charge < -0.3 is 19.5 Å². The van der Waals surface area contributed by atoms with Gasteiger partial charge in [0.1, 0.15) is 5.75 Å². The van der Waals surface area contributed by atoms with Crippen LogP contribution in [0.4, 0.5) is 4.79 Å². The number of hydrogen-bond donors (Lipinski definition) is 1. The molecule has 0 radical (unpaired) electrons. The van der Waals surface area contributed by atoms with Gasteiger partial charge in [-0.1, -0.05) is 30.7 Å². The predicted molar refractivity (Wildman–Crippen MR) is 117 cm³/mol. The van der Waals surface area contributed by atoms with Gasteiger partial charge in [-0.3, -0.25) is 0 Å². The van der Waals surface area contributed by atoms with Gasteiger partial charge in [0, 0.05) is 41.8 Å². The van der Waals surface area contributed by atoms with Gasteiger partial charge in [-0.25, -0.2) is 4.79 Å². The van der Waals surface area contributed by atoms with E-state index >= 15 is 0 Å². The summed E-state index contributed by atoms with van der Waals surface area (Å²) in [5.74, 6) is 0.800. The summed E-state index contributed by atoms with van der Waals surface area (Å²) in [6.07, 6.45) is 1.73. The molecule has 2 aromatic carbocycles. The van der Waals surface area contributed by atoms with Crippen molar-refractivity contribution in [3.63, 3.8) is 0 Å². The Morgan fingerprint density at radius 2 is 2.03 bits per heavy atom. The first kappa shape index (κ1) is 19.6. The van der Waals surface area contributed by atoms with Crippen LogP contribution >= 0.6 is 11.6 Å². The van der Waals surface area contributed by atoms with Crippen LogP contribution in [0.1, 0.15) is 36.2 Å². The molecule has 0 saturated carbocycles. The molecule has 29 heavy (non-hydrogen) atoms. The summed E-state index contributed by atoms with van der Waals surface area (Å²) in [6.45, 7) is 3.48. The normalized spacial score (nSPS) is 16.0. The number of rotatable bonds is 4. The predicted octanol–water partition coefficient (Wildman–Crippen LogP) is 5.24. The Morgan fingerprint density at radius 3 is 2.72 bits per heavy atom. The number of methoxy groups -OCH3 is 1. The SMILES string of the molecule is CCCN(C)C(=O)N1CCc2c([nH]c3ccc(Cl)cc23)C1c1ccc(OC)cc1. The van der Waals surface area contributed by atoms with Crippen LogP contribution in [0, 0.1) is 0 Å². The minimum atomic E-state index is -0.178. The fraction of sp³-hybridized carbons (Fsp3) is 0.348. The van der Waals surface area contributed by atoms with Gasteiger partial charge in [-0.15, -0.1) is 0 Å². The maximum Gasteiger partial charge on any atom is 0.320 e. The zero-order valence-electron chi connectivity index (χ0n) is 17.0. The van der Waals surface area contributed by atoms with Crippen LogP contribution in [-0.2, 0) is 6.42 Å². The zero-order chi connectivity index (χ0) is 20.5. The number of ether oxygens (including phenoxy) is 1. The fourth-order valence-corrected chi connectivity index (χ4v) is 4.42. The molecule has 5 nitrogen and oxygen atoms in total. The van der Waals surface area contributed by atoms with Gasteiger partial charge >= 0.3 is 6.03 Å². The van der Waals surface area contributed by atoms with Crippen molar-refractivity contribution < 1.29 is 9.53 Å². The molecule has 1 aliphatic heterocycles. The minimum Gasteiger partial charge on any atom is -0.497 e. The van der Waals surface area contributed by atoms with Crippen LogP contribution < -0.4 is 4.74 Å². The van der Waals surface area contributed by atoms with Crippen molar-refractivity contribution in [2.75, 3.05) is 27.2 Å². The number of carbonyl (C=O) groups is 1. The minimum absolute atomic E-state index is 0.0509. The average Bonchev–Trinajstić information content (AvgIpc) is 3.10. The van der Waals surface area contributed by atoms with Crippen molar-refractivity contribution in [3.8, 4) is 5.75 Å². The number of aromatic nitrogens is 1. The molecule has 0 aliphatic carbocycles. The topological polar surface area (TPSA) is 48.6 Å². The number of urea groups is 1. The van der Waals surface area contributed by atoms with Crippen LogP contribution in [0.3, 0.4) is 0 Å². The Balaban J connectivity index is 1.83. The van der Waals surface area contributed by atoms with Crippen LogP contribution in [0.2, 0.25) is 5.02 Å². The van der Waals surface area contributed by atoms with E-state index in [1.165, 1.54) is 5.56 Å². The monoisotopic (exact) mass is 411 g/mol. The van der Waals surface area contributed by atoms with Crippen LogP contribution in [0.15, 0.2) is 42.5 Å². The number of nitrogens with zero attached hydrogens (tertiary/aromatic N) is 2. The average molecular weight is 412 g/mol. The molecule has 2 heterocycles. The van der Waals surface area contributed by atoms with E-state index in [2.05, 4.69) is 11.9 Å². The summed E-state index contributed by atoms with van der Waals surface area (Å²) in [7, 11) is 3.53. The molecule has 6 heteroatoms. The van der Waals surface area contributed by atoms with Crippen molar-refractivity contribution in [1.82, 2.24) is 14.8 Å². The van der Waals surface area contributed by atoms with E-state index in [0.717, 1.165) is 52.3 Å². The van der Waals surface area contributed by atoms with Gasteiger partial charge in [0.25, 0.3) is 0 Å². The fourth-order valence-electron chi connectivity index (χ4n) is 4.25. The Labute approximate surface area is 176 Å². The van der Waals surface area contributed by atoms with Crippen LogP contribution in [0.25, 0.3) is 10.9 Å². The van der Waals surface area contributed by atoms with E-state index in [4.69, 9.17) is 16.3 Å². The molecule has 2 amide bonds. The Hall–Kier alpha value is -2.66. The van der Waals surface area contributed by atoms with E-state index in [9.17, 15) is 4.79 Å². The maximum atomic E-state index is 13.3. The molecule has 1 atom stereocenters. The first-order valence-corrected chi connectivity index (χ1v) is 10.4. The lowest BCUT2D eigenvalue weighted by Crippen LogP contribution is -2.46. The summed E-state index contributed by atoms with van der Waals surface area (Å²) in [4.78, 5) is 20.6. The highest BCUT2D eigenvalue weighted by molar-refractivity contribution is 6.31. The highest BCUT2D eigenvalue weighted by Crippen LogP contribution is 2.39. The van der Waals surface area contributed by atoms with Gasteiger partial charge in [-0.2, -0.15) is 0 Å². The number of benzene rings is 2. The molecular weight excluding hydrogens is 386 g/mol. The van der Waals surface area contributed by atoms with Gasteiger partial charge in [0.2, 0.25) is 0 Å². The molecule has 0 saturated heterocycles. The molecule has 1 unspecified atom stereocenters. The van der Waals surface area contributed by atoms with Gasteiger partial charge in [-0.05, 0) is 54.3 Å². The zero-order valence-corrected chi connectivity index (χ0v) is 17.8. The number of hydrogen-bond acceptors (Lipinski definition) is 2. The Morgan fingerprint density at radius 1 is 1.28 bits per heavy atom.